The summed E-state index contributed by atoms with van der Waals surface area (Å²) in [5, 5.41) is 19.6. The fraction of sp³-hybridized carbons (Fsp3) is 0.400. The summed E-state index contributed by atoms with van der Waals surface area (Å²) in [7, 11) is 0. The van der Waals surface area contributed by atoms with Crippen LogP contribution in [0.15, 0.2) is 86.0 Å². The molecule has 3 aromatic rings. The molecule has 0 saturated heterocycles. The minimum atomic E-state index is -0.863. The molecule has 0 heterocycles. The zero-order valence-electron chi connectivity index (χ0n) is 28.7. The molecule has 0 amide bonds. The third-order valence-electron chi connectivity index (χ3n) is 8.18. The van der Waals surface area contributed by atoms with Gasteiger partial charge in [-0.3, -0.25) is 0 Å². The van der Waals surface area contributed by atoms with Crippen LogP contribution in [-0.4, -0.2) is 87.2 Å². The molecule has 10 heteroatoms. The fourth-order valence-corrected chi connectivity index (χ4v) is 5.49. The fourth-order valence-electron chi connectivity index (χ4n) is 5.49. The molecule has 10 nitrogen and oxygen atoms in total. The molecular weight excluding hydrogens is 640 g/mol. The monoisotopic (exact) mass is 688 g/mol. The number of carbonyl (C=O) groups is 2. The predicted molar refractivity (Wildman–Crippen MR) is 190 cm³/mol. The lowest BCUT2D eigenvalue weighted by atomic mass is 9.95. The molecule has 3 aromatic carbocycles. The van der Waals surface area contributed by atoms with Gasteiger partial charge in [0, 0.05) is 31.3 Å². The summed E-state index contributed by atoms with van der Waals surface area (Å²) < 4.78 is 32.5. The van der Waals surface area contributed by atoms with Crippen LogP contribution in [-0.2, 0) is 28.5 Å². The molecule has 268 valence electrons. The molecule has 0 aromatic heterocycles. The molecule has 3 atom stereocenters. The molecule has 0 radical (unpaired) electrons. The molecule has 0 saturated carbocycles. The van der Waals surface area contributed by atoms with Gasteiger partial charge in [0.1, 0.15) is 36.9 Å². The standard InChI is InChI=1S/C40H48O10/c1-4-39(43)49-26-31(41)24-45-18-6-8-20-47-33-13-10-29(11-14-33)30-12-16-35-36-17-15-34(23-38(36)28(3)37(35)22-30)48-21-9-7-19-46-25-32(42)27-50-40(44)5-2/h4-5,10-17,22-23,28,31-32,41-42H,1-2,6-9,18-21,24-27H2,3H3. The SMILES string of the molecule is C=CC(=O)OCC(O)COCCCCOc1ccc(-c2ccc3c(c2)C(C)c2cc(OCCCCOCC(O)COC(=O)C=C)ccc2-3)cc1. The van der Waals surface area contributed by atoms with Crippen LogP contribution in [0.3, 0.4) is 0 Å². The molecule has 0 aliphatic heterocycles. The summed E-state index contributed by atoms with van der Waals surface area (Å²) in [5.41, 5.74) is 7.29. The van der Waals surface area contributed by atoms with Crippen molar-refractivity contribution < 1.29 is 48.2 Å². The zero-order valence-corrected chi connectivity index (χ0v) is 28.7. The van der Waals surface area contributed by atoms with Crippen LogP contribution in [0, 0.1) is 0 Å². The van der Waals surface area contributed by atoms with Crippen molar-refractivity contribution in [1.82, 2.24) is 0 Å². The van der Waals surface area contributed by atoms with Crippen molar-refractivity contribution in [3.63, 3.8) is 0 Å². The van der Waals surface area contributed by atoms with Gasteiger partial charge in [-0.15, -0.1) is 0 Å². The molecule has 3 unspecified atom stereocenters. The second kappa shape index (κ2) is 20.3. The lowest BCUT2D eigenvalue weighted by Gasteiger charge is -2.12. The van der Waals surface area contributed by atoms with Gasteiger partial charge >= 0.3 is 11.9 Å². The molecule has 4 rings (SSSR count). The Hall–Kier alpha value is -4.48. The second-order valence-corrected chi connectivity index (χ2v) is 12.0. The van der Waals surface area contributed by atoms with E-state index in [1.807, 2.05) is 18.2 Å². The highest BCUT2D eigenvalue weighted by Crippen LogP contribution is 2.47. The van der Waals surface area contributed by atoms with E-state index in [1.54, 1.807) is 0 Å². The van der Waals surface area contributed by atoms with Crippen LogP contribution in [0.5, 0.6) is 11.5 Å². The van der Waals surface area contributed by atoms with Gasteiger partial charge in [-0.05, 0) is 89.4 Å². The van der Waals surface area contributed by atoms with Gasteiger partial charge in [-0.25, -0.2) is 9.59 Å². The second-order valence-electron chi connectivity index (χ2n) is 12.0. The van der Waals surface area contributed by atoms with Crippen LogP contribution < -0.4 is 9.47 Å². The molecule has 0 bridgehead atoms. The molecule has 0 spiro atoms. The van der Waals surface area contributed by atoms with E-state index in [9.17, 15) is 19.8 Å². The van der Waals surface area contributed by atoms with Crippen LogP contribution in [0.4, 0.5) is 0 Å². The Balaban J connectivity index is 1.16. The van der Waals surface area contributed by atoms with Crippen LogP contribution in [0.1, 0.15) is 49.7 Å². The lowest BCUT2D eigenvalue weighted by molar-refractivity contribution is -0.142. The summed E-state index contributed by atoms with van der Waals surface area (Å²) in [6.45, 7) is 10.9. The quantitative estimate of drug-likeness (QED) is 0.0694. The third-order valence-corrected chi connectivity index (χ3v) is 8.18. The van der Waals surface area contributed by atoms with Gasteiger partial charge in [-0.2, -0.15) is 0 Å². The first kappa shape index (κ1) is 38.3. The summed E-state index contributed by atoms with van der Waals surface area (Å²) >= 11 is 0. The molecule has 1 aliphatic carbocycles. The Labute approximate surface area is 294 Å². The van der Waals surface area contributed by atoms with Gasteiger partial charge in [0.15, 0.2) is 0 Å². The van der Waals surface area contributed by atoms with E-state index in [0.717, 1.165) is 60.5 Å². The average molecular weight is 689 g/mol. The van der Waals surface area contributed by atoms with Crippen LogP contribution in [0.25, 0.3) is 22.3 Å². The number of fused-ring (bicyclic) bond motifs is 3. The van der Waals surface area contributed by atoms with E-state index >= 15 is 0 Å². The maximum Gasteiger partial charge on any atom is 0.330 e. The number of unbranched alkanes of at least 4 members (excludes halogenated alkanes) is 2. The van der Waals surface area contributed by atoms with Crippen molar-refractivity contribution >= 4 is 11.9 Å². The normalized spacial score (nSPS) is 14.2. The maximum absolute atomic E-state index is 11.1. The number of ether oxygens (including phenoxy) is 6. The summed E-state index contributed by atoms with van der Waals surface area (Å²) in [6.07, 6.45) is 3.56. The maximum atomic E-state index is 11.1. The molecule has 50 heavy (non-hydrogen) atoms. The van der Waals surface area contributed by atoms with Gasteiger partial charge in [0.25, 0.3) is 0 Å². The summed E-state index contributed by atoms with van der Waals surface area (Å²) in [5.74, 6) is 0.744. The molecular formula is C40H48O10. The van der Waals surface area contributed by atoms with Crippen molar-refractivity contribution in [3.05, 3.63) is 97.1 Å². The minimum Gasteiger partial charge on any atom is -0.494 e. The minimum absolute atomic E-state index is 0.100. The zero-order chi connectivity index (χ0) is 35.7. The summed E-state index contributed by atoms with van der Waals surface area (Å²) in [6, 6.07) is 21.1. The highest BCUT2D eigenvalue weighted by Gasteiger charge is 2.26. The number of carbonyl (C=O) groups excluding carboxylic acids is 2. The van der Waals surface area contributed by atoms with Crippen molar-refractivity contribution in [2.75, 3.05) is 52.9 Å². The van der Waals surface area contributed by atoms with Crippen LogP contribution >= 0.6 is 0 Å². The summed E-state index contributed by atoms with van der Waals surface area (Å²) in [4.78, 5) is 22.1. The number of aliphatic hydroxyl groups is 2. The third kappa shape index (κ3) is 11.8. The molecule has 0 fully saturated rings. The first-order valence-corrected chi connectivity index (χ1v) is 17.0. The van der Waals surface area contributed by atoms with E-state index in [4.69, 9.17) is 28.4 Å². The highest BCUT2D eigenvalue weighted by atomic mass is 16.6. The topological polar surface area (TPSA) is 130 Å². The number of rotatable bonds is 23. The van der Waals surface area contributed by atoms with Crippen molar-refractivity contribution in [3.8, 4) is 33.8 Å². The first-order chi connectivity index (χ1) is 24.3. The first-order valence-electron chi connectivity index (χ1n) is 17.0. The number of esters is 2. The van der Waals surface area contributed by atoms with E-state index in [0.29, 0.717) is 26.4 Å². The van der Waals surface area contributed by atoms with E-state index in [1.165, 1.54) is 22.3 Å². The Morgan fingerprint density at radius 1 is 0.640 bits per heavy atom. The lowest BCUT2D eigenvalue weighted by Crippen LogP contribution is -2.23. The smallest absolute Gasteiger partial charge is 0.330 e. The van der Waals surface area contributed by atoms with Crippen LogP contribution in [0.2, 0.25) is 0 Å². The molecule has 2 N–H and O–H groups in total. The Morgan fingerprint density at radius 2 is 1.10 bits per heavy atom. The average Bonchev–Trinajstić information content (AvgIpc) is 3.42. The number of benzene rings is 3. The van der Waals surface area contributed by atoms with Crippen molar-refractivity contribution in [2.45, 2.75) is 50.7 Å². The van der Waals surface area contributed by atoms with Crippen molar-refractivity contribution in [2.24, 2.45) is 0 Å². The Kier molecular flexibility index (Phi) is 15.5. The van der Waals surface area contributed by atoms with Crippen molar-refractivity contribution in [1.29, 1.82) is 0 Å². The number of aliphatic hydroxyl groups excluding tert-OH is 2. The number of hydrogen-bond acceptors (Lipinski definition) is 10. The number of hydrogen-bond donors (Lipinski definition) is 2. The van der Waals surface area contributed by atoms with E-state index in [-0.39, 0.29) is 32.3 Å². The van der Waals surface area contributed by atoms with E-state index < -0.39 is 24.1 Å². The largest absolute Gasteiger partial charge is 0.494 e. The van der Waals surface area contributed by atoms with Gasteiger partial charge < -0.3 is 38.6 Å². The van der Waals surface area contributed by atoms with Gasteiger partial charge in [0.2, 0.25) is 0 Å². The van der Waals surface area contributed by atoms with Gasteiger partial charge in [0.05, 0.1) is 26.4 Å². The predicted octanol–water partition coefficient (Wildman–Crippen LogP) is 6.02. The van der Waals surface area contributed by atoms with E-state index in [2.05, 4.69) is 62.5 Å². The Bertz CT molecular complexity index is 1550. The Morgan fingerprint density at radius 3 is 1.66 bits per heavy atom. The molecule has 1 aliphatic rings. The highest BCUT2D eigenvalue weighted by molar-refractivity contribution is 5.83. The van der Waals surface area contributed by atoms with Gasteiger partial charge in [-0.1, -0.05) is 50.4 Å².